The van der Waals surface area contributed by atoms with Crippen molar-refractivity contribution < 1.29 is 10.2 Å². The maximum Gasteiger partial charge on any atom is 0.225 e. The van der Waals surface area contributed by atoms with Crippen molar-refractivity contribution in [3.63, 3.8) is 0 Å². The van der Waals surface area contributed by atoms with Crippen LogP contribution in [0.4, 0.5) is 0 Å². The van der Waals surface area contributed by atoms with Crippen LogP contribution in [0.2, 0.25) is 0 Å². The fourth-order valence-corrected chi connectivity index (χ4v) is 3.24. The molecule has 0 radical (unpaired) electrons. The highest BCUT2D eigenvalue weighted by Crippen LogP contribution is 2.38. The third-order valence-corrected chi connectivity index (χ3v) is 5.69. The Morgan fingerprint density at radius 2 is 1.00 bits per heavy atom. The highest BCUT2D eigenvalue weighted by molar-refractivity contribution is 8.03. The van der Waals surface area contributed by atoms with Crippen LogP contribution in [-0.2, 0) is 0 Å². The predicted molar refractivity (Wildman–Crippen MR) is 77.5 cm³/mol. The molecule has 16 heavy (non-hydrogen) atoms. The SMILES string of the molecule is OC(SCCSC(O)C(Cl)(Cl)Cl)C(Cl)(Cl)Cl. The topological polar surface area (TPSA) is 40.5 Å². The van der Waals surface area contributed by atoms with E-state index in [2.05, 4.69) is 0 Å². The fraction of sp³-hybridized carbons (Fsp3) is 1.00. The zero-order valence-corrected chi connectivity index (χ0v) is 13.7. The van der Waals surface area contributed by atoms with Gasteiger partial charge in [0.25, 0.3) is 0 Å². The number of thioether (sulfide) groups is 2. The Morgan fingerprint density at radius 3 is 1.19 bits per heavy atom. The van der Waals surface area contributed by atoms with Crippen LogP contribution in [0.25, 0.3) is 0 Å². The van der Waals surface area contributed by atoms with Gasteiger partial charge in [-0.25, -0.2) is 0 Å². The van der Waals surface area contributed by atoms with Gasteiger partial charge in [-0.2, -0.15) is 0 Å². The van der Waals surface area contributed by atoms with Crippen LogP contribution in [0.3, 0.4) is 0 Å². The van der Waals surface area contributed by atoms with Gasteiger partial charge in [-0.05, 0) is 0 Å². The molecule has 0 aliphatic rings. The molecule has 0 fully saturated rings. The normalized spacial score (nSPS) is 17.2. The molecule has 2 atom stereocenters. The number of rotatable bonds is 5. The highest BCUT2D eigenvalue weighted by Gasteiger charge is 2.32. The summed E-state index contributed by atoms with van der Waals surface area (Å²) in [6, 6.07) is 0. The van der Waals surface area contributed by atoms with Gasteiger partial charge >= 0.3 is 0 Å². The van der Waals surface area contributed by atoms with Crippen LogP contribution in [0.5, 0.6) is 0 Å². The molecule has 2 unspecified atom stereocenters. The minimum atomic E-state index is -1.73. The summed E-state index contributed by atoms with van der Waals surface area (Å²) in [5, 5.41) is 18.7. The first-order chi connectivity index (χ1) is 7.05. The van der Waals surface area contributed by atoms with Crippen molar-refractivity contribution >= 4 is 93.1 Å². The summed E-state index contributed by atoms with van der Waals surface area (Å²) < 4.78 is -3.47. The lowest BCUT2D eigenvalue weighted by Gasteiger charge is -2.20. The summed E-state index contributed by atoms with van der Waals surface area (Å²) in [6.45, 7) is 0. The van der Waals surface area contributed by atoms with E-state index in [1.165, 1.54) is 0 Å². The molecule has 0 aliphatic carbocycles. The van der Waals surface area contributed by atoms with Crippen LogP contribution >= 0.6 is 93.1 Å². The summed E-state index contributed by atoms with van der Waals surface area (Å²) in [4.78, 5) is 0. The number of aliphatic hydroxyl groups is 2. The Kier molecular flexibility index (Phi) is 8.98. The second-order valence-electron chi connectivity index (χ2n) is 2.53. The molecule has 0 saturated heterocycles. The van der Waals surface area contributed by atoms with Crippen molar-refractivity contribution in [3.05, 3.63) is 0 Å². The molecule has 0 aromatic carbocycles. The first-order valence-electron chi connectivity index (χ1n) is 3.78. The maximum absolute atomic E-state index is 9.33. The van der Waals surface area contributed by atoms with Crippen molar-refractivity contribution in [1.29, 1.82) is 0 Å². The van der Waals surface area contributed by atoms with E-state index in [-0.39, 0.29) is 0 Å². The molecule has 0 aromatic heterocycles. The van der Waals surface area contributed by atoms with Gasteiger partial charge in [0.1, 0.15) is 10.9 Å². The molecule has 0 saturated carbocycles. The second-order valence-corrected chi connectivity index (χ2v) is 9.64. The first kappa shape index (κ1) is 18.4. The van der Waals surface area contributed by atoms with Crippen molar-refractivity contribution in [2.75, 3.05) is 11.5 Å². The average molecular weight is 389 g/mol. The van der Waals surface area contributed by atoms with Gasteiger partial charge in [0, 0.05) is 11.5 Å². The molecule has 2 nitrogen and oxygen atoms in total. The zero-order chi connectivity index (χ0) is 13.0. The first-order valence-corrected chi connectivity index (χ1v) is 8.14. The van der Waals surface area contributed by atoms with Crippen LogP contribution in [0, 0.1) is 0 Å². The lowest BCUT2D eigenvalue weighted by Crippen LogP contribution is -2.23. The standard InChI is InChI=1S/C6H8Cl6O2S2/c7-5(8,9)3(13)15-1-2-16-4(14)6(10,11)12/h3-4,13-14H,1-2H2. The molecule has 0 amide bonds. The molecule has 10 heteroatoms. The molecular weight excluding hydrogens is 381 g/mol. The van der Waals surface area contributed by atoms with Crippen LogP contribution in [-0.4, -0.2) is 40.2 Å². The van der Waals surface area contributed by atoms with Crippen molar-refractivity contribution in [3.8, 4) is 0 Å². The third-order valence-electron chi connectivity index (χ3n) is 1.19. The molecule has 0 aromatic rings. The van der Waals surface area contributed by atoms with Gasteiger partial charge in [0.2, 0.25) is 7.59 Å². The quantitative estimate of drug-likeness (QED) is 0.426. The largest absolute Gasteiger partial charge is 0.378 e. The van der Waals surface area contributed by atoms with Crippen LogP contribution < -0.4 is 0 Å². The molecule has 0 aliphatic heterocycles. The number of alkyl halides is 6. The average Bonchev–Trinajstić information content (AvgIpc) is 2.08. The Hall–Kier alpha value is 2.36. The Labute approximate surface area is 132 Å². The lowest BCUT2D eigenvalue weighted by atomic mass is 10.8. The molecule has 0 rings (SSSR count). The van der Waals surface area contributed by atoms with Crippen molar-refractivity contribution in [1.82, 2.24) is 0 Å². The highest BCUT2D eigenvalue weighted by atomic mass is 35.6. The second kappa shape index (κ2) is 7.83. The monoisotopic (exact) mass is 386 g/mol. The van der Waals surface area contributed by atoms with Gasteiger partial charge in [0.05, 0.1) is 0 Å². The number of halogens is 6. The number of aliphatic hydroxyl groups excluding tert-OH is 2. The molecular formula is C6H8Cl6O2S2. The number of hydrogen-bond acceptors (Lipinski definition) is 4. The van der Waals surface area contributed by atoms with E-state index in [0.717, 1.165) is 23.5 Å². The summed E-state index contributed by atoms with van der Waals surface area (Å²) in [5.74, 6) is 0.884. The number of hydrogen-bond donors (Lipinski definition) is 2. The molecule has 2 N–H and O–H groups in total. The van der Waals surface area contributed by atoms with E-state index in [0.29, 0.717) is 11.5 Å². The van der Waals surface area contributed by atoms with Gasteiger partial charge < -0.3 is 10.2 Å². The predicted octanol–water partition coefficient (Wildman–Crippen LogP) is 3.83. The lowest BCUT2D eigenvalue weighted by molar-refractivity contribution is 0.267. The van der Waals surface area contributed by atoms with Gasteiger partial charge in [-0.3, -0.25) is 0 Å². The van der Waals surface area contributed by atoms with Crippen molar-refractivity contribution in [2.45, 2.75) is 18.5 Å². The summed E-state index contributed by atoms with van der Waals surface area (Å²) in [6.07, 6.45) is 0. The molecule has 98 valence electrons. The van der Waals surface area contributed by atoms with E-state index >= 15 is 0 Å². The van der Waals surface area contributed by atoms with Gasteiger partial charge in [-0.15, -0.1) is 23.5 Å². The minimum absolute atomic E-state index is 0.442. The van der Waals surface area contributed by atoms with E-state index < -0.39 is 18.5 Å². The van der Waals surface area contributed by atoms with Gasteiger partial charge in [-0.1, -0.05) is 69.6 Å². The van der Waals surface area contributed by atoms with E-state index in [1.807, 2.05) is 0 Å². The van der Waals surface area contributed by atoms with Crippen LogP contribution in [0.1, 0.15) is 0 Å². The zero-order valence-electron chi connectivity index (χ0n) is 7.55. The van der Waals surface area contributed by atoms with Gasteiger partial charge in [0.15, 0.2) is 0 Å². The Morgan fingerprint density at radius 1 is 0.750 bits per heavy atom. The van der Waals surface area contributed by atoms with E-state index in [9.17, 15) is 10.2 Å². The minimum Gasteiger partial charge on any atom is -0.378 e. The molecule has 0 heterocycles. The fourth-order valence-electron chi connectivity index (χ4n) is 0.508. The van der Waals surface area contributed by atoms with Crippen LogP contribution in [0.15, 0.2) is 0 Å². The van der Waals surface area contributed by atoms with E-state index in [1.54, 1.807) is 0 Å². The summed E-state index contributed by atoms with van der Waals surface area (Å²) in [5.41, 5.74) is -2.27. The Bertz CT molecular complexity index is 184. The summed E-state index contributed by atoms with van der Waals surface area (Å²) >= 11 is 34.7. The molecule has 0 bridgehead atoms. The van der Waals surface area contributed by atoms with Crippen molar-refractivity contribution in [2.24, 2.45) is 0 Å². The third kappa shape index (κ3) is 8.46. The maximum atomic E-state index is 9.33. The summed E-state index contributed by atoms with van der Waals surface area (Å²) in [7, 11) is 0. The van der Waals surface area contributed by atoms with E-state index in [4.69, 9.17) is 69.6 Å². The smallest absolute Gasteiger partial charge is 0.225 e. The Balaban J connectivity index is 3.70. The molecule has 0 spiro atoms.